The Labute approximate surface area is 175 Å². The summed E-state index contributed by atoms with van der Waals surface area (Å²) in [5.74, 6) is -0.442. The number of nitrogens with zero attached hydrogens (tertiary/aromatic N) is 3. The van der Waals surface area contributed by atoms with Gasteiger partial charge in [-0.15, -0.1) is 0 Å². The fourth-order valence-corrected chi connectivity index (χ4v) is 3.07. The average molecular weight is 410 g/mol. The summed E-state index contributed by atoms with van der Waals surface area (Å²) in [6, 6.07) is 10.1. The van der Waals surface area contributed by atoms with Crippen molar-refractivity contribution in [3.63, 3.8) is 0 Å². The lowest BCUT2D eigenvalue weighted by Crippen LogP contribution is -2.26. The first-order valence-corrected chi connectivity index (χ1v) is 9.70. The molecule has 0 saturated carbocycles. The number of benzene rings is 1. The highest BCUT2D eigenvalue weighted by molar-refractivity contribution is 6.01. The Morgan fingerprint density at radius 3 is 2.73 bits per heavy atom. The predicted octanol–water partition coefficient (Wildman–Crippen LogP) is 3.84. The van der Waals surface area contributed by atoms with Gasteiger partial charge < -0.3 is 14.6 Å². The molecule has 0 radical (unpaired) electrons. The summed E-state index contributed by atoms with van der Waals surface area (Å²) < 4.78 is 7.28. The Bertz CT molecular complexity index is 999. The van der Waals surface area contributed by atoms with E-state index in [4.69, 9.17) is 4.74 Å². The molecular formula is C22H26N4O4. The second-order valence-corrected chi connectivity index (χ2v) is 7.14. The lowest BCUT2D eigenvalue weighted by atomic mass is 10.1. The van der Waals surface area contributed by atoms with Crippen LogP contribution >= 0.6 is 0 Å². The molecule has 2 aromatic rings. The standard InChI is InChI=1S/C22H26N4O4/c1-15(2)30-10-6-9-24-22(27)19(14-23)12-18-11-16(3)25(17(18)4)20-7-5-8-21(13-20)26(28)29/h5,7-8,11-13,15H,6,9-10H2,1-4H3,(H,24,27)/b19-12+. The van der Waals surface area contributed by atoms with Crippen molar-refractivity contribution in [2.75, 3.05) is 13.2 Å². The topological polar surface area (TPSA) is 110 Å². The minimum atomic E-state index is -0.442. The van der Waals surface area contributed by atoms with Gasteiger partial charge in [0.2, 0.25) is 0 Å². The number of nitro benzene ring substituents is 1. The van der Waals surface area contributed by atoms with Crippen LogP contribution in [0.15, 0.2) is 35.9 Å². The van der Waals surface area contributed by atoms with E-state index >= 15 is 0 Å². The molecule has 158 valence electrons. The Morgan fingerprint density at radius 2 is 2.10 bits per heavy atom. The molecule has 0 spiro atoms. The summed E-state index contributed by atoms with van der Waals surface area (Å²) >= 11 is 0. The highest BCUT2D eigenvalue weighted by Gasteiger charge is 2.15. The SMILES string of the molecule is Cc1cc(/C=C(\C#N)C(=O)NCCCOC(C)C)c(C)n1-c1cccc([N+](=O)[O-])c1. The maximum atomic E-state index is 12.3. The summed E-state index contributed by atoms with van der Waals surface area (Å²) in [6.07, 6.45) is 2.33. The number of hydrogen-bond donors (Lipinski definition) is 1. The molecule has 0 fully saturated rings. The first kappa shape index (κ1) is 22.8. The van der Waals surface area contributed by atoms with Gasteiger partial charge in [0.25, 0.3) is 11.6 Å². The third-order valence-corrected chi connectivity index (χ3v) is 4.49. The summed E-state index contributed by atoms with van der Waals surface area (Å²) in [4.78, 5) is 23.0. The molecular weight excluding hydrogens is 384 g/mol. The van der Waals surface area contributed by atoms with Crippen LogP contribution in [0.4, 0.5) is 5.69 Å². The third kappa shape index (κ3) is 5.78. The molecule has 0 aliphatic rings. The zero-order chi connectivity index (χ0) is 22.3. The van der Waals surface area contributed by atoms with Crippen molar-refractivity contribution in [2.45, 2.75) is 40.2 Å². The number of aromatic nitrogens is 1. The molecule has 1 aromatic carbocycles. The molecule has 0 bridgehead atoms. The number of nitrogens with one attached hydrogen (secondary N) is 1. The molecule has 0 aliphatic heterocycles. The molecule has 8 heteroatoms. The number of hydrogen-bond acceptors (Lipinski definition) is 5. The van der Waals surface area contributed by atoms with E-state index in [0.29, 0.717) is 30.8 Å². The molecule has 0 saturated heterocycles. The smallest absolute Gasteiger partial charge is 0.271 e. The maximum absolute atomic E-state index is 12.3. The van der Waals surface area contributed by atoms with Gasteiger partial charge in [0.15, 0.2) is 0 Å². The van der Waals surface area contributed by atoms with Crippen molar-refractivity contribution in [3.05, 3.63) is 63.0 Å². The highest BCUT2D eigenvalue weighted by atomic mass is 16.6. The molecule has 0 atom stereocenters. The second-order valence-electron chi connectivity index (χ2n) is 7.14. The third-order valence-electron chi connectivity index (χ3n) is 4.49. The molecule has 30 heavy (non-hydrogen) atoms. The number of rotatable bonds is 9. The van der Waals surface area contributed by atoms with Crippen LogP contribution in [0.25, 0.3) is 11.8 Å². The van der Waals surface area contributed by atoms with Crippen molar-refractivity contribution in [3.8, 4) is 11.8 Å². The van der Waals surface area contributed by atoms with Gasteiger partial charge in [-0.3, -0.25) is 14.9 Å². The van der Waals surface area contributed by atoms with Crippen molar-refractivity contribution < 1.29 is 14.5 Å². The van der Waals surface area contributed by atoms with Crippen LogP contribution in [0.5, 0.6) is 0 Å². The van der Waals surface area contributed by atoms with E-state index in [1.807, 2.05) is 44.4 Å². The summed E-state index contributed by atoms with van der Waals surface area (Å²) in [5, 5.41) is 23.2. The second kappa shape index (κ2) is 10.4. The number of carbonyl (C=O) groups excluding carboxylic acids is 1. The van der Waals surface area contributed by atoms with Crippen LogP contribution in [0.1, 0.15) is 37.2 Å². The van der Waals surface area contributed by atoms with Crippen LogP contribution in [0.2, 0.25) is 0 Å². The van der Waals surface area contributed by atoms with Gasteiger partial charge in [-0.05, 0) is 57.9 Å². The van der Waals surface area contributed by atoms with Crippen molar-refractivity contribution in [2.24, 2.45) is 0 Å². The molecule has 0 unspecified atom stereocenters. The van der Waals surface area contributed by atoms with Crippen LogP contribution in [0, 0.1) is 35.3 Å². The minimum absolute atomic E-state index is 0.000861. The Kier molecular flexibility index (Phi) is 7.90. The van der Waals surface area contributed by atoms with E-state index in [1.165, 1.54) is 18.2 Å². The van der Waals surface area contributed by atoms with Gasteiger partial charge in [-0.1, -0.05) is 6.07 Å². The molecule has 1 N–H and O–H groups in total. The van der Waals surface area contributed by atoms with E-state index in [9.17, 15) is 20.2 Å². The molecule has 1 aromatic heterocycles. The van der Waals surface area contributed by atoms with E-state index in [-0.39, 0.29) is 17.4 Å². The first-order chi connectivity index (χ1) is 14.2. The number of nitriles is 1. The number of nitro groups is 1. The van der Waals surface area contributed by atoms with E-state index < -0.39 is 10.8 Å². The molecule has 8 nitrogen and oxygen atoms in total. The summed E-state index contributed by atoms with van der Waals surface area (Å²) in [6.45, 7) is 8.54. The monoisotopic (exact) mass is 410 g/mol. The number of amides is 1. The van der Waals surface area contributed by atoms with Gasteiger partial charge in [0.1, 0.15) is 11.6 Å². The largest absolute Gasteiger partial charge is 0.379 e. The fourth-order valence-electron chi connectivity index (χ4n) is 3.07. The normalized spacial score (nSPS) is 11.4. The van der Waals surface area contributed by atoms with E-state index in [1.54, 1.807) is 12.1 Å². The zero-order valence-electron chi connectivity index (χ0n) is 17.6. The lowest BCUT2D eigenvalue weighted by Gasteiger charge is -2.09. The van der Waals surface area contributed by atoms with Crippen LogP contribution in [-0.2, 0) is 9.53 Å². The number of aryl methyl sites for hydroxylation is 1. The molecule has 1 heterocycles. The number of carbonyl (C=O) groups is 1. The van der Waals surface area contributed by atoms with Crippen LogP contribution in [-0.4, -0.2) is 34.7 Å². The van der Waals surface area contributed by atoms with Crippen molar-refractivity contribution in [1.29, 1.82) is 5.26 Å². The van der Waals surface area contributed by atoms with Gasteiger partial charge >= 0.3 is 0 Å². The molecule has 2 rings (SSSR count). The predicted molar refractivity (Wildman–Crippen MR) is 114 cm³/mol. The Morgan fingerprint density at radius 1 is 1.37 bits per heavy atom. The molecule has 0 aliphatic carbocycles. The Hall–Kier alpha value is -3.44. The van der Waals surface area contributed by atoms with Crippen molar-refractivity contribution in [1.82, 2.24) is 9.88 Å². The van der Waals surface area contributed by atoms with E-state index in [2.05, 4.69) is 5.32 Å². The van der Waals surface area contributed by atoms with E-state index in [0.717, 1.165) is 11.4 Å². The van der Waals surface area contributed by atoms with Crippen molar-refractivity contribution >= 4 is 17.7 Å². The minimum Gasteiger partial charge on any atom is -0.379 e. The first-order valence-electron chi connectivity index (χ1n) is 9.70. The average Bonchev–Trinajstić information content (AvgIpc) is 2.98. The van der Waals surface area contributed by atoms with Gasteiger partial charge in [0.05, 0.1) is 16.7 Å². The van der Waals surface area contributed by atoms with Gasteiger partial charge in [-0.2, -0.15) is 5.26 Å². The summed E-state index contributed by atoms with van der Waals surface area (Å²) in [5.41, 5.74) is 2.96. The summed E-state index contributed by atoms with van der Waals surface area (Å²) in [7, 11) is 0. The molecule has 1 amide bonds. The number of non-ortho nitro benzene ring substituents is 1. The zero-order valence-corrected chi connectivity index (χ0v) is 17.6. The maximum Gasteiger partial charge on any atom is 0.271 e. The Balaban J connectivity index is 2.21. The van der Waals surface area contributed by atoms with Crippen LogP contribution < -0.4 is 5.32 Å². The van der Waals surface area contributed by atoms with Crippen LogP contribution in [0.3, 0.4) is 0 Å². The fraction of sp³-hybridized carbons (Fsp3) is 0.364. The van der Waals surface area contributed by atoms with Gasteiger partial charge in [-0.25, -0.2) is 0 Å². The number of ether oxygens (including phenoxy) is 1. The quantitative estimate of drug-likeness (QED) is 0.222. The lowest BCUT2D eigenvalue weighted by molar-refractivity contribution is -0.384. The highest BCUT2D eigenvalue weighted by Crippen LogP contribution is 2.25. The van der Waals surface area contributed by atoms with Gasteiger partial charge in [0, 0.05) is 36.7 Å².